The molecule has 0 aliphatic rings. The van der Waals surface area contributed by atoms with E-state index in [2.05, 4.69) is 37.2 Å². The molecule has 1 N–H and O–H groups in total. The first kappa shape index (κ1) is 15.0. The lowest BCUT2D eigenvalue weighted by atomic mass is 10.3. The Labute approximate surface area is 119 Å². The normalized spacial score (nSPS) is 11.5. The van der Waals surface area contributed by atoms with Gasteiger partial charge in [-0.05, 0) is 40.5 Å². The molecule has 1 aromatic rings. The molecule has 0 aliphatic carbocycles. The second-order valence-corrected chi connectivity index (χ2v) is 7.78. The number of hydrogen-bond donors (Lipinski definition) is 1. The van der Waals surface area contributed by atoms with Gasteiger partial charge in [0.1, 0.15) is 0 Å². The third-order valence-electron chi connectivity index (χ3n) is 2.17. The van der Waals surface area contributed by atoms with Crippen molar-refractivity contribution in [1.82, 2.24) is 0 Å². The van der Waals surface area contributed by atoms with Gasteiger partial charge in [0.05, 0.1) is 5.75 Å². The van der Waals surface area contributed by atoms with Gasteiger partial charge in [-0.2, -0.15) is 0 Å². The standard InChI is InChI=1S/C11H15Br2NO2S/c1-2-6-17(15,16)7-5-14-11-8-9(12)3-4-10(11)13/h3-4,8,14H,2,5-7H2,1H3. The molecule has 1 aromatic carbocycles. The van der Waals surface area contributed by atoms with Crippen molar-refractivity contribution in [2.75, 3.05) is 23.4 Å². The molecule has 0 atom stereocenters. The van der Waals surface area contributed by atoms with Crippen LogP contribution in [-0.2, 0) is 9.84 Å². The fourth-order valence-corrected chi connectivity index (χ4v) is 3.37. The number of nitrogens with one attached hydrogen (secondary N) is 1. The van der Waals surface area contributed by atoms with Crippen molar-refractivity contribution in [3.63, 3.8) is 0 Å². The number of benzene rings is 1. The number of anilines is 1. The van der Waals surface area contributed by atoms with Gasteiger partial charge in [-0.15, -0.1) is 0 Å². The average Bonchev–Trinajstić information content (AvgIpc) is 2.23. The van der Waals surface area contributed by atoms with Crippen LogP contribution in [0.25, 0.3) is 0 Å². The highest BCUT2D eigenvalue weighted by Gasteiger charge is 2.09. The fourth-order valence-electron chi connectivity index (χ4n) is 1.39. The summed E-state index contributed by atoms with van der Waals surface area (Å²) in [5.41, 5.74) is 0.895. The third kappa shape index (κ3) is 5.40. The van der Waals surface area contributed by atoms with Gasteiger partial charge >= 0.3 is 0 Å². The van der Waals surface area contributed by atoms with Gasteiger partial charge in [0, 0.05) is 26.9 Å². The molecule has 0 spiro atoms. The third-order valence-corrected chi connectivity index (χ3v) is 5.21. The predicted octanol–water partition coefficient (Wildman–Crippen LogP) is 3.45. The molecule has 0 amide bonds. The van der Waals surface area contributed by atoms with E-state index in [0.717, 1.165) is 14.6 Å². The van der Waals surface area contributed by atoms with E-state index in [1.165, 1.54) is 0 Å². The second-order valence-electron chi connectivity index (χ2n) is 3.70. The minimum atomic E-state index is -2.91. The average molecular weight is 385 g/mol. The first-order valence-corrected chi connectivity index (χ1v) is 8.74. The van der Waals surface area contributed by atoms with Gasteiger partial charge in [0.25, 0.3) is 0 Å². The lowest BCUT2D eigenvalue weighted by Gasteiger charge is -2.09. The van der Waals surface area contributed by atoms with Crippen LogP contribution in [0.5, 0.6) is 0 Å². The summed E-state index contributed by atoms with van der Waals surface area (Å²) >= 11 is 6.78. The molecular weight excluding hydrogens is 370 g/mol. The van der Waals surface area contributed by atoms with E-state index in [4.69, 9.17) is 0 Å². The van der Waals surface area contributed by atoms with E-state index in [1.54, 1.807) is 0 Å². The highest BCUT2D eigenvalue weighted by molar-refractivity contribution is 9.11. The number of halogens is 2. The van der Waals surface area contributed by atoms with Crippen molar-refractivity contribution < 1.29 is 8.42 Å². The van der Waals surface area contributed by atoms with Crippen LogP contribution in [0.4, 0.5) is 5.69 Å². The molecule has 1 rings (SSSR count). The Morgan fingerprint density at radius 3 is 2.59 bits per heavy atom. The Morgan fingerprint density at radius 2 is 1.94 bits per heavy atom. The molecule has 96 valence electrons. The van der Waals surface area contributed by atoms with Gasteiger partial charge < -0.3 is 5.32 Å². The van der Waals surface area contributed by atoms with Crippen LogP contribution in [0, 0.1) is 0 Å². The summed E-state index contributed by atoms with van der Waals surface area (Å²) < 4.78 is 24.9. The molecule has 0 bridgehead atoms. The minimum absolute atomic E-state index is 0.166. The largest absolute Gasteiger partial charge is 0.383 e. The summed E-state index contributed by atoms with van der Waals surface area (Å²) in [7, 11) is -2.91. The zero-order valence-corrected chi connectivity index (χ0v) is 13.5. The second kappa shape index (κ2) is 6.75. The van der Waals surface area contributed by atoms with Crippen LogP contribution in [0.2, 0.25) is 0 Å². The monoisotopic (exact) mass is 383 g/mol. The van der Waals surface area contributed by atoms with E-state index in [9.17, 15) is 8.42 Å². The van der Waals surface area contributed by atoms with E-state index in [1.807, 2.05) is 25.1 Å². The zero-order valence-electron chi connectivity index (χ0n) is 9.54. The molecule has 0 heterocycles. The Bertz CT molecular complexity index is 474. The van der Waals surface area contributed by atoms with Crippen LogP contribution in [0.1, 0.15) is 13.3 Å². The summed E-state index contributed by atoms with van der Waals surface area (Å²) in [6.07, 6.45) is 0.670. The van der Waals surface area contributed by atoms with Gasteiger partial charge in [-0.1, -0.05) is 22.9 Å². The molecule has 3 nitrogen and oxygen atoms in total. The van der Waals surface area contributed by atoms with Crippen LogP contribution >= 0.6 is 31.9 Å². The minimum Gasteiger partial charge on any atom is -0.383 e. The SMILES string of the molecule is CCCS(=O)(=O)CCNc1cc(Br)ccc1Br. The first-order chi connectivity index (χ1) is 7.94. The molecule has 6 heteroatoms. The van der Waals surface area contributed by atoms with E-state index in [-0.39, 0.29) is 11.5 Å². The summed E-state index contributed by atoms with van der Waals surface area (Å²) in [4.78, 5) is 0. The molecule has 0 unspecified atom stereocenters. The van der Waals surface area contributed by atoms with Crippen LogP contribution in [-0.4, -0.2) is 26.5 Å². The van der Waals surface area contributed by atoms with E-state index < -0.39 is 9.84 Å². The number of rotatable bonds is 6. The zero-order chi connectivity index (χ0) is 12.9. The maximum Gasteiger partial charge on any atom is 0.152 e. The summed E-state index contributed by atoms with van der Waals surface area (Å²) in [5.74, 6) is 0.425. The Kier molecular flexibility index (Phi) is 5.95. The molecule has 0 saturated carbocycles. The topological polar surface area (TPSA) is 46.2 Å². The molecule has 17 heavy (non-hydrogen) atoms. The van der Waals surface area contributed by atoms with E-state index in [0.29, 0.717) is 13.0 Å². The van der Waals surface area contributed by atoms with Crippen molar-refractivity contribution in [3.05, 3.63) is 27.1 Å². The van der Waals surface area contributed by atoms with Crippen LogP contribution in [0.15, 0.2) is 27.1 Å². The molecule has 0 aromatic heterocycles. The number of hydrogen-bond acceptors (Lipinski definition) is 3. The quantitative estimate of drug-likeness (QED) is 0.816. The van der Waals surface area contributed by atoms with Gasteiger partial charge in [0.2, 0.25) is 0 Å². The molecule has 0 saturated heterocycles. The van der Waals surface area contributed by atoms with Crippen molar-refractivity contribution >= 4 is 47.4 Å². The van der Waals surface area contributed by atoms with Gasteiger partial charge in [-0.3, -0.25) is 0 Å². The van der Waals surface area contributed by atoms with Crippen molar-refractivity contribution in [3.8, 4) is 0 Å². The predicted molar refractivity (Wildman–Crippen MR) is 79.3 cm³/mol. The maximum absolute atomic E-state index is 11.5. The van der Waals surface area contributed by atoms with Crippen molar-refractivity contribution in [2.45, 2.75) is 13.3 Å². The van der Waals surface area contributed by atoms with Gasteiger partial charge in [0.15, 0.2) is 9.84 Å². The van der Waals surface area contributed by atoms with Crippen LogP contribution < -0.4 is 5.32 Å². The number of sulfone groups is 1. The highest BCUT2D eigenvalue weighted by Crippen LogP contribution is 2.25. The summed E-state index contributed by atoms with van der Waals surface area (Å²) in [6, 6.07) is 5.74. The van der Waals surface area contributed by atoms with Crippen LogP contribution in [0.3, 0.4) is 0 Å². The Hall–Kier alpha value is -0.0700. The molecule has 0 radical (unpaired) electrons. The smallest absolute Gasteiger partial charge is 0.152 e. The first-order valence-electron chi connectivity index (χ1n) is 5.34. The maximum atomic E-state index is 11.5. The summed E-state index contributed by atoms with van der Waals surface area (Å²) in [5, 5.41) is 3.11. The highest BCUT2D eigenvalue weighted by atomic mass is 79.9. The molecule has 0 aliphatic heterocycles. The van der Waals surface area contributed by atoms with Crippen molar-refractivity contribution in [1.29, 1.82) is 0 Å². The molecular formula is C11H15Br2NO2S. The lowest BCUT2D eigenvalue weighted by molar-refractivity contribution is 0.595. The van der Waals surface area contributed by atoms with Gasteiger partial charge in [-0.25, -0.2) is 8.42 Å². The lowest BCUT2D eigenvalue weighted by Crippen LogP contribution is -2.18. The molecule has 0 fully saturated rings. The fraction of sp³-hybridized carbons (Fsp3) is 0.455. The summed E-state index contributed by atoms with van der Waals surface area (Å²) in [6.45, 7) is 2.30. The Morgan fingerprint density at radius 1 is 1.24 bits per heavy atom. The van der Waals surface area contributed by atoms with E-state index >= 15 is 0 Å². The van der Waals surface area contributed by atoms with Crippen molar-refractivity contribution in [2.24, 2.45) is 0 Å². The Balaban J connectivity index is 2.54.